The molecule has 14 nitrogen and oxygen atoms in total. The molecule has 7 atom stereocenters. The quantitative estimate of drug-likeness (QED) is 0.211. The summed E-state index contributed by atoms with van der Waals surface area (Å²) in [6.07, 6.45) is -6.43. The summed E-state index contributed by atoms with van der Waals surface area (Å²) in [7, 11) is 0. The van der Waals surface area contributed by atoms with Crippen molar-refractivity contribution in [3.8, 4) is 0 Å². The number of benzene rings is 1. The van der Waals surface area contributed by atoms with Crippen LogP contribution < -0.4 is 10.6 Å². The van der Waals surface area contributed by atoms with Crippen LogP contribution in [0.25, 0.3) is 0 Å². The van der Waals surface area contributed by atoms with Crippen molar-refractivity contribution in [2.45, 2.75) is 132 Å². The Labute approximate surface area is 300 Å². The second-order valence-electron chi connectivity index (χ2n) is 14.4. The minimum Gasteiger partial charge on any atom is -0.457 e. The van der Waals surface area contributed by atoms with Gasteiger partial charge in [-0.25, -0.2) is 19.2 Å². The number of rotatable bonds is 9. The van der Waals surface area contributed by atoms with Crippen molar-refractivity contribution in [2.75, 3.05) is 0 Å². The number of alkyl carbamates (subject to hydrolysis) is 1. The zero-order valence-corrected chi connectivity index (χ0v) is 31.3. The molecule has 2 amide bonds. The molecular weight excluding hydrogens is 664 g/mol. The van der Waals surface area contributed by atoms with Gasteiger partial charge in [0.25, 0.3) is 5.91 Å². The lowest BCUT2D eigenvalue weighted by Crippen LogP contribution is -2.55. The van der Waals surface area contributed by atoms with E-state index in [4.69, 9.17) is 23.7 Å². The third-order valence-electron chi connectivity index (χ3n) is 8.46. The maximum Gasteiger partial charge on any atom is 0.408 e. The highest BCUT2D eigenvalue weighted by molar-refractivity contribution is 6.07. The first-order valence-corrected chi connectivity index (χ1v) is 17.4. The lowest BCUT2D eigenvalue weighted by Gasteiger charge is -2.32. The number of nitrogens with one attached hydrogen (secondary N) is 2. The summed E-state index contributed by atoms with van der Waals surface area (Å²) in [5.41, 5.74) is -1.18. The van der Waals surface area contributed by atoms with Gasteiger partial charge in [0, 0.05) is 5.92 Å². The highest BCUT2D eigenvalue weighted by atomic mass is 16.6. The number of carbonyl (C=O) groups excluding carboxylic acids is 7. The monoisotopic (exact) mass is 718 g/mol. The minimum absolute atomic E-state index is 0.00512. The SMILES string of the molecule is CCC(C)[C@@H]1OC(=O)[C@H](C)OC(=O)[C@@H](NC(=O)OCc2ccccc2)[C@@H](C)OC(=O)[C@H](CC(C)C)OC(=O)C(C)(C)C(=O)[C@H](CC(C)C)NC1=O. The third-order valence-corrected chi connectivity index (χ3v) is 8.46. The van der Waals surface area contributed by atoms with Crippen molar-refractivity contribution in [1.29, 1.82) is 0 Å². The minimum atomic E-state index is -1.84. The van der Waals surface area contributed by atoms with Crippen molar-refractivity contribution in [2.24, 2.45) is 23.2 Å². The molecule has 0 aromatic heterocycles. The van der Waals surface area contributed by atoms with Gasteiger partial charge in [-0.1, -0.05) is 71.9 Å². The molecule has 0 spiro atoms. The lowest BCUT2D eigenvalue weighted by molar-refractivity contribution is -0.183. The number of amides is 2. The van der Waals surface area contributed by atoms with Crippen molar-refractivity contribution in [3.05, 3.63) is 35.9 Å². The average Bonchev–Trinajstić information content (AvgIpc) is 3.06. The van der Waals surface area contributed by atoms with Crippen LogP contribution in [0.4, 0.5) is 4.79 Å². The fraction of sp³-hybridized carbons (Fsp3) is 0.649. The summed E-state index contributed by atoms with van der Waals surface area (Å²) < 4.78 is 27.4. The Morgan fingerprint density at radius 1 is 0.843 bits per heavy atom. The summed E-state index contributed by atoms with van der Waals surface area (Å²) in [5, 5.41) is 4.99. The van der Waals surface area contributed by atoms with E-state index in [1.54, 1.807) is 58.0 Å². The number of ether oxygens (including phenoxy) is 5. The van der Waals surface area contributed by atoms with Crippen LogP contribution in [0, 0.1) is 23.2 Å². The van der Waals surface area contributed by atoms with Crippen molar-refractivity contribution in [1.82, 2.24) is 10.6 Å². The van der Waals surface area contributed by atoms with Crippen molar-refractivity contribution < 1.29 is 57.2 Å². The smallest absolute Gasteiger partial charge is 0.408 e. The summed E-state index contributed by atoms with van der Waals surface area (Å²) in [6, 6.07) is 5.84. The van der Waals surface area contributed by atoms with Gasteiger partial charge in [0.1, 0.15) is 18.1 Å². The Kier molecular flexibility index (Phi) is 16.1. The average molecular weight is 719 g/mol. The summed E-state index contributed by atoms with van der Waals surface area (Å²) >= 11 is 0. The van der Waals surface area contributed by atoms with E-state index >= 15 is 0 Å². The highest BCUT2D eigenvalue weighted by Crippen LogP contribution is 2.27. The molecule has 0 bridgehead atoms. The molecule has 1 aromatic rings. The molecule has 2 N–H and O–H groups in total. The van der Waals surface area contributed by atoms with Crippen LogP contribution in [0.1, 0.15) is 94.1 Å². The molecule has 1 aliphatic rings. The summed E-state index contributed by atoms with van der Waals surface area (Å²) in [4.78, 5) is 94.4. The van der Waals surface area contributed by atoms with Gasteiger partial charge in [-0.15, -0.1) is 0 Å². The summed E-state index contributed by atoms with van der Waals surface area (Å²) in [5.74, 6) is -6.62. The Hall–Kier alpha value is -4.49. The largest absolute Gasteiger partial charge is 0.457 e. The van der Waals surface area contributed by atoms with Gasteiger partial charge in [0.2, 0.25) is 0 Å². The fourth-order valence-corrected chi connectivity index (χ4v) is 5.14. The molecular formula is C37H54N2O12. The van der Waals surface area contributed by atoms with Gasteiger partial charge in [-0.05, 0) is 64.4 Å². The summed E-state index contributed by atoms with van der Waals surface area (Å²) in [6.45, 7) is 15.7. The van der Waals surface area contributed by atoms with Crippen LogP contribution >= 0.6 is 0 Å². The van der Waals surface area contributed by atoms with Crippen LogP contribution in [0.3, 0.4) is 0 Å². The maximum atomic E-state index is 14.0. The van der Waals surface area contributed by atoms with E-state index in [0.717, 1.165) is 0 Å². The number of cyclic esters (lactones) is 4. The first-order chi connectivity index (χ1) is 23.8. The van der Waals surface area contributed by atoms with Gasteiger partial charge in [0.15, 0.2) is 30.1 Å². The van der Waals surface area contributed by atoms with Crippen molar-refractivity contribution >= 4 is 41.7 Å². The second-order valence-corrected chi connectivity index (χ2v) is 14.4. The second kappa shape index (κ2) is 19.2. The van der Waals surface area contributed by atoms with E-state index in [9.17, 15) is 33.6 Å². The molecule has 0 radical (unpaired) electrons. The van der Waals surface area contributed by atoms with Crippen LogP contribution in [-0.2, 0) is 59.1 Å². The van der Waals surface area contributed by atoms with Gasteiger partial charge in [0.05, 0.1) is 6.04 Å². The van der Waals surface area contributed by atoms with Gasteiger partial charge >= 0.3 is 30.0 Å². The zero-order chi connectivity index (χ0) is 38.6. The van der Waals surface area contributed by atoms with Crippen LogP contribution in [0.5, 0.6) is 0 Å². The van der Waals surface area contributed by atoms with E-state index in [2.05, 4.69) is 10.6 Å². The predicted molar refractivity (Wildman–Crippen MR) is 184 cm³/mol. The molecule has 284 valence electrons. The Morgan fingerprint density at radius 3 is 2.02 bits per heavy atom. The first-order valence-electron chi connectivity index (χ1n) is 17.4. The van der Waals surface area contributed by atoms with E-state index in [1.165, 1.54) is 27.7 Å². The van der Waals surface area contributed by atoms with E-state index in [1.807, 2.05) is 13.8 Å². The number of esters is 4. The van der Waals surface area contributed by atoms with Gasteiger partial charge in [-0.2, -0.15) is 0 Å². The predicted octanol–water partition coefficient (Wildman–Crippen LogP) is 4.20. The molecule has 2 rings (SSSR count). The molecule has 1 unspecified atom stereocenters. The van der Waals surface area contributed by atoms with Crippen LogP contribution in [0.2, 0.25) is 0 Å². The number of hydrogen-bond donors (Lipinski definition) is 2. The molecule has 1 aromatic carbocycles. The molecule has 51 heavy (non-hydrogen) atoms. The van der Waals surface area contributed by atoms with E-state index < -0.39 is 89.5 Å². The molecule has 1 heterocycles. The number of hydrogen-bond acceptors (Lipinski definition) is 12. The Bertz CT molecular complexity index is 1390. The standard InChI is InChI=1S/C37H54N2O12/c1-11-22(6)29-31(41)38-26(17-20(2)3)30(40)37(9,10)35(45)50-27(18-21(4)5)33(43)48-23(7)28(34(44)49-24(8)32(42)51-29)39-36(46)47-19-25-15-13-12-14-16-25/h12-16,20-24,26-29H,11,17-19H2,1-10H3,(H,38,41)(H,39,46)/t22?,23-,24+,26+,27+,28+,29+/m1/s1. The normalized spacial score (nSPS) is 26.1. The van der Waals surface area contributed by atoms with Crippen molar-refractivity contribution in [3.63, 3.8) is 0 Å². The molecule has 14 heteroatoms. The molecule has 0 aliphatic carbocycles. The highest BCUT2D eigenvalue weighted by Gasteiger charge is 2.46. The third kappa shape index (κ3) is 12.7. The maximum absolute atomic E-state index is 14.0. The number of carbonyl (C=O) groups is 7. The van der Waals surface area contributed by atoms with Crippen LogP contribution in [0.15, 0.2) is 30.3 Å². The van der Waals surface area contributed by atoms with E-state index in [-0.39, 0.29) is 31.3 Å². The Balaban J connectivity index is 2.57. The zero-order valence-electron chi connectivity index (χ0n) is 31.3. The first kappa shape index (κ1) is 42.7. The number of Topliss-reactive ketones (excluding diaryl/α,β-unsaturated/α-hetero) is 1. The molecule has 1 aliphatic heterocycles. The molecule has 0 saturated carbocycles. The van der Waals surface area contributed by atoms with Crippen LogP contribution in [-0.4, -0.2) is 78.2 Å². The molecule has 1 fully saturated rings. The van der Waals surface area contributed by atoms with Gasteiger partial charge in [-0.3, -0.25) is 14.4 Å². The van der Waals surface area contributed by atoms with E-state index in [0.29, 0.717) is 12.0 Å². The topological polar surface area (TPSA) is 190 Å². The Morgan fingerprint density at radius 2 is 1.45 bits per heavy atom. The number of ketones is 1. The lowest BCUT2D eigenvalue weighted by atomic mass is 9.81. The fourth-order valence-electron chi connectivity index (χ4n) is 5.14. The molecule has 1 saturated heterocycles. The van der Waals surface area contributed by atoms with Gasteiger partial charge < -0.3 is 34.3 Å².